The van der Waals surface area contributed by atoms with Crippen LogP contribution >= 0.6 is 0 Å². The molecule has 1 fully saturated rings. The minimum absolute atomic E-state index is 0.340. The van der Waals surface area contributed by atoms with Crippen molar-refractivity contribution in [3.05, 3.63) is 47.3 Å². The van der Waals surface area contributed by atoms with Crippen LogP contribution in [0.3, 0.4) is 0 Å². The lowest BCUT2D eigenvalue weighted by molar-refractivity contribution is 0.0678. The lowest BCUT2D eigenvalue weighted by atomic mass is 10.1. The van der Waals surface area contributed by atoms with Crippen LogP contribution < -0.4 is 4.74 Å². The normalized spacial score (nSPS) is 17.6. The fraction of sp³-hybridized carbons (Fsp3) is 0.526. The lowest BCUT2D eigenvalue weighted by Crippen LogP contribution is -2.31. The highest BCUT2D eigenvalue weighted by Crippen LogP contribution is 2.20. The quantitative estimate of drug-likeness (QED) is 0.783. The van der Waals surface area contributed by atoms with Crippen LogP contribution in [0.2, 0.25) is 0 Å². The second-order valence-corrected chi connectivity index (χ2v) is 6.54. The molecule has 0 spiro atoms. The minimum atomic E-state index is 0.340. The van der Waals surface area contributed by atoms with E-state index in [4.69, 9.17) is 9.47 Å². The molecule has 0 N–H and O–H groups in total. The van der Waals surface area contributed by atoms with Crippen LogP contribution in [0, 0.1) is 6.92 Å². The van der Waals surface area contributed by atoms with E-state index < -0.39 is 0 Å². The Kier molecular flexibility index (Phi) is 5.53. The molecule has 1 aliphatic rings. The summed E-state index contributed by atoms with van der Waals surface area (Å²) in [7, 11) is 3.70. The number of methoxy groups -OCH3 is 1. The smallest absolute Gasteiger partial charge is 0.119 e. The summed E-state index contributed by atoms with van der Waals surface area (Å²) in [4.78, 5) is 2.45. The van der Waals surface area contributed by atoms with Crippen molar-refractivity contribution in [2.75, 3.05) is 20.3 Å². The predicted molar refractivity (Wildman–Crippen MR) is 94.0 cm³/mol. The maximum Gasteiger partial charge on any atom is 0.119 e. The van der Waals surface area contributed by atoms with Gasteiger partial charge in [0.05, 0.1) is 19.4 Å². The topological polar surface area (TPSA) is 39.5 Å². The van der Waals surface area contributed by atoms with Crippen LogP contribution in [0.25, 0.3) is 0 Å². The molecule has 5 heteroatoms. The molecule has 1 saturated heterocycles. The van der Waals surface area contributed by atoms with Crippen molar-refractivity contribution >= 4 is 0 Å². The Labute approximate surface area is 144 Å². The average molecular weight is 329 g/mol. The summed E-state index contributed by atoms with van der Waals surface area (Å²) in [5.74, 6) is 0.905. The summed E-state index contributed by atoms with van der Waals surface area (Å²) in [6, 6.07) is 8.30. The second-order valence-electron chi connectivity index (χ2n) is 6.54. The zero-order valence-corrected chi connectivity index (χ0v) is 14.9. The Balaban J connectivity index is 1.74. The molecule has 24 heavy (non-hydrogen) atoms. The van der Waals surface area contributed by atoms with Gasteiger partial charge in [-0.2, -0.15) is 5.10 Å². The fourth-order valence-electron chi connectivity index (χ4n) is 3.23. The highest BCUT2D eigenvalue weighted by molar-refractivity contribution is 5.28. The summed E-state index contributed by atoms with van der Waals surface area (Å²) in [6.45, 7) is 5.73. The van der Waals surface area contributed by atoms with Crippen molar-refractivity contribution in [3.8, 4) is 5.75 Å². The molecule has 2 heterocycles. The van der Waals surface area contributed by atoms with E-state index in [1.165, 1.54) is 23.2 Å². The lowest BCUT2D eigenvalue weighted by Gasteiger charge is -2.25. The molecule has 5 nitrogen and oxygen atoms in total. The SMILES string of the molecule is COc1cccc(CN(Cc2cnn(C)c2C)CC2CCCO2)c1. The number of rotatable bonds is 7. The van der Waals surface area contributed by atoms with E-state index in [1.807, 2.05) is 30.1 Å². The Hall–Kier alpha value is -1.85. The van der Waals surface area contributed by atoms with Crippen molar-refractivity contribution < 1.29 is 9.47 Å². The number of nitrogens with zero attached hydrogens (tertiary/aromatic N) is 3. The minimum Gasteiger partial charge on any atom is -0.497 e. The Morgan fingerprint density at radius 1 is 1.38 bits per heavy atom. The molecule has 1 atom stereocenters. The highest BCUT2D eigenvalue weighted by atomic mass is 16.5. The molecule has 0 aliphatic carbocycles. The van der Waals surface area contributed by atoms with E-state index in [0.717, 1.165) is 38.4 Å². The molecular formula is C19H27N3O2. The van der Waals surface area contributed by atoms with Crippen LogP contribution in [0.1, 0.15) is 29.7 Å². The van der Waals surface area contributed by atoms with Crippen LogP contribution in [0.15, 0.2) is 30.5 Å². The first-order valence-corrected chi connectivity index (χ1v) is 8.60. The molecular weight excluding hydrogens is 302 g/mol. The molecule has 0 amide bonds. The van der Waals surface area contributed by atoms with Crippen LogP contribution in [0.4, 0.5) is 0 Å². The summed E-state index contributed by atoms with van der Waals surface area (Å²) in [5.41, 5.74) is 3.75. The number of aromatic nitrogens is 2. The van der Waals surface area contributed by atoms with Gasteiger partial charge in [-0.15, -0.1) is 0 Å². The number of hydrogen-bond acceptors (Lipinski definition) is 4. The largest absolute Gasteiger partial charge is 0.497 e. The third kappa shape index (κ3) is 4.16. The first-order chi connectivity index (χ1) is 11.7. The Bertz CT molecular complexity index is 662. The zero-order chi connectivity index (χ0) is 16.9. The zero-order valence-electron chi connectivity index (χ0n) is 14.9. The van der Waals surface area contributed by atoms with Crippen molar-refractivity contribution in [2.45, 2.75) is 39.0 Å². The van der Waals surface area contributed by atoms with Gasteiger partial charge in [-0.3, -0.25) is 9.58 Å². The van der Waals surface area contributed by atoms with Gasteiger partial charge in [0.2, 0.25) is 0 Å². The van der Waals surface area contributed by atoms with E-state index in [9.17, 15) is 0 Å². The van der Waals surface area contributed by atoms with Gasteiger partial charge < -0.3 is 9.47 Å². The number of benzene rings is 1. The van der Waals surface area contributed by atoms with Gasteiger partial charge in [0.15, 0.2) is 0 Å². The van der Waals surface area contributed by atoms with Gasteiger partial charge in [-0.05, 0) is 37.5 Å². The highest BCUT2D eigenvalue weighted by Gasteiger charge is 2.20. The van der Waals surface area contributed by atoms with Gasteiger partial charge in [0, 0.05) is 44.5 Å². The summed E-state index contributed by atoms with van der Waals surface area (Å²) in [5, 5.41) is 4.37. The molecule has 3 rings (SSSR count). The van der Waals surface area contributed by atoms with Gasteiger partial charge >= 0.3 is 0 Å². The predicted octanol–water partition coefficient (Wildman–Crippen LogP) is 2.92. The van der Waals surface area contributed by atoms with Gasteiger partial charge in [-0.1, -0.05) is 12.1 Å². The number of hydrogen-bond donors (Lipinski definition) is 0. The van der Waals surface area contributed by atoms with Crippen LogP contribution in [-0.2, 0) is 24.9 Å². The van der Waals surface area contributed by atoms with Gasteiger partial charge in [-0.25, -0.2) is 0 Å². The van der Waals surface area contributed by atoms with Crippen molar-refractivity contribution in [1.29, 1.82) is 0 Å². The van der Waals surface area contributed by atoms with Crippen molar-refractivity contribution in [2.24, 2.45) is 7.05 Å². The van der Waals surface area contributed by atoms with E-state index >= 15 is 0 Å². The maximum absolute atomic E-state index is 5.85. The van der Waals surface area contributed by atoms with Gasteiger partial charge in [0.1, 0.15) is 5.75 Å². The van der Waals surface area contributed by atoms with Crippen LogP contribution in [-0.4, -0.2) is 41.0 Å². The van der Waals surface area contributed by atoms with Gasteiger partial charge in [0.25, 0.3) is 0 Å². The van der Waals surface area contributed by atoms with Crippen molar-refractivity contribution in [3.63, 3.8) is 0 Å². The molecule has 130 valence electrons. The first-order valence-electron chi connectivity index (χ1n) is 8.60. The molecule has 0 bridgehead atoms. The second kappa shape index (κ2) is 7.81. The average Bonchev–Trinajstić information content (AvgIpc) is 3.20. The summed E-state index contributed by atoms with van der Waals surface area (Å²) in [6.07, 6.45) is 4.64. The Morgan fingerprint density at radius 3 is 2.92 bits per heavy atom. The molecule has 1 aromatic carbocycles. The standard InChI is InChI=1S/C19H27N3O2/c1-15-17(11-20-21(15)2)13-22(14-19-8-5-9-24-19)12-16-6-4-7-18(10-16)23-3/h4,6-7,10-11,19H,5,8-9,12-14H2,1-3H3. The summed E-state index contributed by atoms with van der Waals surface area (Å²) >= 11 is 0. The molecule has 2 aromatic rings. The molecule has 1 aliphatic heterocycles. The Morgan fingerprint density at radius 2 is 2.25 bits per heavy atom. The molecule has 1 aromatic heterocycles. The molecule has 1 unspecified atom stereocenters. The third-order valence-electron chi connectivity index (χ3n) is 4.76. The monoisotopic (exact) mass is 329 g/mol. The van der Waals surface area contributed by atoms with E-state index in [-0.39, 0.29) is 0 Å². The van der Waals surface area contributed by atoms with Crippen molar-refractivity contribution in [1.82, 2.24) is 14.7 Å². The van der Waals surface area contributed by atoms with E-state index in [1.54, 1.807) is 7.11 Å². The van der Waals surface area contributed by atoms with Crippen LogP contribution in [0.5, 0.6) is 5.75 Å². The number of aryl methyl sites for hydroxylation is 1. The number of ether oxygens (including phenoxy) is 2. The van der Waals surface area contributed by atoms with E-state index in [0.29, 0.717) is 6.10 Å². The fourth-order valence-corrected chi connectivity index (χ4v) is 3.23. The first kappa shape index (κ1) is 17.0. The molecule has 0 radical (unpaired) electrons. The maximum atomic E-state index is 5.85. The summed E-state index contributed by atoms with van der Waals surface area (Å²) < 4.78 is 13.1. The molecule has 0 saturated carbocycles. The third-order valence-corrected chi connectivity index (χ3v) is 4.76. The van der Waals surface area contributed by atoms with E-state index in [2.05, 4.69) is 29.1 Å².